The zero-order valence-electron chi connectivity index (χ0n) is 10.9. The van der Waals surface area contributed by atoms with Crippen molar-refractivity contribution in [1.29, 1.82) is 0 Å². The standard InChI is InChI=1S/C14H17BrN2O2/c1-10-7-11(15)3-4-12(10)17-9-14(19-13(17)18)5-2-6-16-8-14/h3-4,7,16H,2,5-6,8-9H2,1H3. The van der Waals surface area contributed by atoms with Crippen molar-refractivity contribution in [2.45, 2.75) is 25.4 Å². The smallest absolute Gasteiger partial charge is 0.415 e. The van der Waals surface area contributed by atoms with Crippen LogP contribution in [-0.2, 0) is 4.74 Å². The quantitative estimate of drug-likeness (QED) is 0.863. The molecule has 5 heteroatoms. The van der Waals surface area contributed by atoms with E-state index in [4.69, 9.17) is 4.74 Å². The first-order chi connectivity index (χ1) is 9.10. The normalized spacial score (nSPS) is 26.8. The molecule has 2 aliphatic heterocycles. The molecule has 1 unspecified atom stereocenters. The maximum Gasteiger partial charge on any atom is 0.415 e. The summed E-state index contributed by atoms with van der Waals surface area (Å²) in [7, 11) is 0. The van der Waals surface area contributed by atoms with Crippen LogP contribution in [0.5, 0.6) is 0 Å². The Bertz CT molecular complexity index is 512. The number of amides is 1. The molecule has 1 spiro atoms. The Morgan fingerprint density at radius 2 is 2.32 bits per heavy atom. The molecule has 0 aromatic heterocycles. The molecule has 0 saturated carbocycles. The number of anilines is 1. The zero-order chi connectivity index (χ0) is 13.5. The third-order valence-electron chi connectivity index (χ3n) is 3.85. The molecular formula is C14H17BrN2O2. The summed E-state index contributed by atoms with van der Waals surface area (Å²) >= 11 is 3.45. The molecule has 2 heterocycles. The van der Waals surface area contributed by atoms with Gasteiger partial charge >= 0.3 is 6.09 Å². The summed E-state index contributed by atoms with van der Waals surface area (Å²) in [6.07, 6.45) is 1.77. The number of nitrogens with zero attached hydrogens (tertiary/aromatic N) is 1. The Labute approximate surface area is 121 Å². The predicted molar refractivity (Wildman–Crippen MR) is 77.5 cm³/mol. The molecule has 102 valence electrons. The topological polar surface area (TPSA) is 41.6 Å². The number of hydrogen-bond donors (Lipinski definition) is 1. The molecule has 1 N–H and O–H groups in total. The third-order valence-corrected chi connectivity index (χ3v) is 4.35. The van der Waals surface area contributed by atoms with Crippen LogP contribution in [0.4, 0.5) is 10.5 Å². The second-order valence-electron chi connectivity index (χ2n) is 5.35. The van der Waals surface area contributed by atoms with E-state index in [1.807, 2.05) is 25.1 Å². The van der Waals surface area contributed by atoms with E-state index >= 15 is 0 Å². The molecule has 0 bridgehead atoms. The average Bonchev–Trinajstić information content (AvgIpc) is 2.67. The molecule has 3 rings (SSSR count). The second kappa shape index (κ2) is 4.80. The Morgan fingerprint density at radius 3 is 3.00 bits per heavy atom. The molecule has 4 nitrogen and oxygen atoms in total. The van der Waals surface area contributed by atoms with Crippen molar-refractivity contribution in [1.82, 2.24) is 5.32 Å². The Balaban J connectivity index is 1.87. The van der Waals surface area contributed by atoms with Gasteiger partial charge in [-0.3, -0.25) is 4.90 Å². The zero-order valence-corrected chi connectivity index (χ0v) is 12.5. The fraction of sp³-hybridized carbons (Fsp3) is 0.500. The van der Waals surface area contributed by atoms with Crippen LogP contribution in [0.25, 0.3) is 0 Å². The van der Waals surface area contributed by atoms with Gasteiger partial charge in [-0.15, -0.1) is 0 Å². The van der Waals surface area contributed by atoms with Crippen LogP contribution in [0.15, 0.2) is 22.7 Å². The van der Waals surface area contributed by atoms with Gasteiger partial charge in [-0.1, -0.05) is 15.9 Å². The average molecular weight is 325 g/mol. The molecule has 2 aliphatic rings. The molecule has 2 fully saturated rings. The number of nitrogens with one attached hydrogen (secondary N) is 1. The van der Waals surface area contributed by atoms with Crippen LogP contribution < -0.4 is 10.2 Å². The van der Waals surface area contributed by atoms with Crippen LogP contribution in [0.3, 0.4) is 0 Å². The van der Waals surface area contributed by atoms with Gasteiger partial charge in [0.2, 0.25) is 0 Å². The first kappa shape index (κ1) is 12.9. The van der Waals surface area contributed by atoms with Crippen LogP contribution in [0.1, 0.15) is 18.4 Å². The Morgan fingerprint density at radius 1 is 1.47 bits per heavy atom. The van der Waals surface area contributed by atoms with E-state index < -0.39 is 0 Å². The highest BCUT2D eigenvalue weighted by Crippen LogP contribution is 2.34. The number of halogens is 1. The highest BCUT2D eigenvalue weighted by molar-refractivity contribution is 9.10. The number of carbonyl (C=O) groups is 1. The minimum atomic E-state index is -0.338. The lowest BCUT2D eigenvalue weighted by atomic mass is 9.94. The summed E-state index contributed by atoms with van der Waals surface area (Å²) in [5.74, 6) is 0. The number of piperidine rings is 1. The van der Waals surface area contributed by atoms with E-state index in [-0.39, 0.29) is 11.7 Å². The lowest BCUT2D eigenvalue weighted by Crippen LogP contribution is -2.48. The molecule has 2 saturated heterocycles. The molecule has 1 amide bonds. The fourth-order valence-corrected chi connectivity index (χ4v) is 3.37. The van der Waals surface area contributed by atoms with Gasteiger partial charge in [-0.2, -0.15) is 0 Å². The van der Waals surface area contributed by atoms with E-state index in [9.17, 15) is 4.79 Å². The molecule has 0 aliphatic carbocycles. The summed E-state index contributed by atoms with van der Waals surface area (Å²) in [5, 5.41) is 3.32. The fourth-order valence-electron chi connectivity index (χ4n) is 2.89. The number of aryl methyl sites for hydroxylation is 1. The van der Waals surface area contributed by atoms with Crippen molar-refractivity contribution >= 4 is 27.7 Å². The summed E-state index contributed by atoms with van der Waals surface area (Å²) in [4.78, 5) is 13.9. The molecule has 1 atom stereocenters. The van der Waals surface area contributed by atoms with Crippen molar-refractivity contribution in [2.75, 3.05) is 24.5 Å². The van der Waals surface area contributed by atoms with Crippen LogP contribution in [0.2, 0.25) is 0 Å². The molecule has 1 aromatic rings. The van der Waals surface area contributed by atoms with E-state index in [0.717, 1.165) is 41.7 Å². The highest BCUT2D eigenvalue weighted by Gasteiger charge is 2.46. The van der Waals surface area contributed by atoms with Gasteiger partial charge in [0.1, 0.15) is 5.60 Å². The largest absolute Gasteiger partial charge is 0.439 e. The van der Waals surface area contributed by atoms with Crippen LogP contribution >= 0.6 is 15.9 Å². The van der Waals surface area contributed by atoms with Gasteiger partial charge in [0.05, 0.1) is 12.2 Å². The van der Waals surface area contributed by atoms with E-state index in [1.165, 1.54) is 0 Å². The number of hydrogen-bond acceptors (Lipinski definition) is 3. The summed E-state index contributed by atoms with van der Waals surface area (Å²) in [5.41, 5.74) is 1.68. The van der Waals surface area contributed by atoms with E-state index in [2.05, 4.69) is 21.2 Å². The summed E-state index contributed by atoms with van der Waals surface area (Å²) in [6.45, 7) is 4.42. The summed E-state index contributed by atoms with van der Waals surface area (Å²) < 4.78 is 6.68. The number of benzene rings is 1. The SMILES string of the molecule is Cc1cc(Br)ccc1N1CC2(CCCNC2)OC1=O. The molecular weight excluding hydrogens is 308 g/mol. The Hall–Kier alpha value is -1.07. The lowest BCUT2D eigenvalue weighted by Gasteiger charge is -2.31. The van der Waals surface area contributed by atoms with Crippen molar-refractivity contribution in [3.8, 4) is 0 Å². The van der Waals surface area contributed by atoms with Crippen LogP contribution in [0, 0.1) is 6.92 Å². The second-order valence-corrected chi connectivity index (χ2v) is 6.26. The maximum atomic E-state index is 12.1. The first-order valence-corrected chi connectivity index (χ1v) is 7.36. The molecule has 1 aromatic carbocycles. The van der Waals surface area contributed by atoms with E-state index in [0.29, 0.717) is 6.54 Å². The minimum Gasteiger partial charge on any atom is -0.439 e. The predicted octanol–water partition coefficient (Wildman–Crippen LogP) is 2.84. The van der Waals surface area contributed by atoms with Gasteiger partial charge in [0.25, 0.3) is 0 Å². The van der Waals surface area contributed by atoms with Gasteiger partial charge in [-0.05, 0) is 50.1 Å². The van der Waals surface area contributed by atoms with Crippen LogP contribution in [-0.4, -0.2) is 31.3 Å². The monoisotopic (exact) mass is 324 g/mol. The lowest BCUT2D eigenvalue weighted by molar-refractivity contribution is 0.0366. The van der Waals surface area contributed by atoms with Crippen molar-refractivity contribution in [3.63, 3.8) is 0 Å². The third kappa shape index (κ3) is 2.37. The molecule has 19 heavy (non-hydrogen) atoms. The van der Waals surface area contributed by atoms with Crippen molar-refractivity contribution in [2.24, 2.45) is 0 Å². The maximum absolute atomic E-state index is 12.1. The number of ether oxygens (including phenoxy) is 1. The number of carbonyl (C=O) groups excluding carboxylic acids is 1. The van der Waals surface area contributed by atoms with Crippen molar-refractivity contribution < 1.29 is 9.53 Å². The summed E-state index contributed by atoms with van der Waals surface area (Å²) in [6, 6.07) is 5.95. The van der Waals surface area contributed by atoms with Gasteiger partial charge in [-0.25, -0.2) is 4.79 Å². The van der Waals surface area contributed by atoms with Gasteiger partial charge in [0, 0.05) is 11.0 Å². The minimum absolute atomic E-state index is 0.228. The molecule has 0 radical (unpaired) electrons. The van der Waals surface area contributed by atoms with Gasteiger partial charge < -0.3 is 10.1 Å². The van der Waals surface area contributed by atoms with E-state index in [1.54, 1.807) is 4.90 Å². The first-order valence-electron chi connectivity index (χ1n) is 6.57. The van der Waals surface area contributed by atoms with Gasteiger partial charge in [0.15, 0.2) is 0 Å². The van der Waals surface area contributed by atoms with Crippen molar-refractivity contribution in [3.05, 3.63) is 28.2 Å². The number of rotatable bonds is 1. The highest BCUT2D eigenvalue weighted by atomic mass is 79.9. The Kier molecular flexibility index (Phi) is 3.27.